The fourth-order valence-corrected chi connectivity index (χ4v) is 1.31. The van der Waals surface area contributed by atoms with Crippen molar-refractivity contribution in [3.05, 3.63) is 34.9 Å². The van der Waals surface area contributed by atoms with Crippen molar-refractivity contribution in [2.45, 2.75) is 0 Å². The molecule has 1 aromatic rings. The summed E-state index contributed by atoms with van der Waals surface area (Å²) < 4.78 is 4.37. The van der Waals surface area contributed by atoms with Gasteiger partial charge < -0.3 is 14.9 Å². The van der Waals surface area contributed by atoms with E-state index in [-0.39, 0.29) is 16.7 Å². The maximum Gasteiger partial charge on any atom is 0.348 e. The Balaban J connectivity index is 3.39. The van der Waals surface area contributed by atoms with E-state index in [2.05, 4.69) is 4.74 Å². The SMILES string of the molecule is COC(=O)C(C#N)=Cc1cccc(O)c1C(=O)O. The normalized spacial score (nSPS) is 10.6. The van der Waals surface area contributed by atoms with Crippen LogP contribution in [0.15, 0.2) is 23.8 Å². The van der Waals surface area contributed by atoms with Gasteiger partial charge in [-0.2, -0.15) is 5.26 Å². The lowest BCUT2D eigenvalue weighted by molar-refractivity contribution is -0.135. The van der Waals surface area contributed by atoms with Crippen LogP contribution in [0.25, 0.3) is 6.08 Å². The summed E-state index contributed by atoms with van der Waals surface area (Å²) in [6, 6.07) is 5.57. The maximum atomic E-state index is 11.2. The topological polar surface area (TPSA) is 108 Å². The zero-order valence-corrected chi connectivity index (χ0v) is 9.38. The van der Waals surface area contributed by atoms with Crippen molar-refractivity contribution in [3.63, 3.8) is 0 Å². The third-order valence-electron chi connectivity index (χ3n) is 2.11. The molecule has 1 rings (SSSR count). The van der Waals surface area contributed by atoms with Crippen molar-refractivity contribution in [3.8, 4) is 11.8 Å². The van der Waals surface area contributed by atoms with Gasteiger partial charge in [0, 0.05) is 0 Å². The molecule has 0 unspecified atom stereocenters. The lowest BCUT2D eigenvalue weighted by Crippen LogP contribution is -2.05. The number of nitriles is 1. The molecular weight excluding hydrogens is 238 g/mol. The number of methoxy groups -OCH3 is 1. The average molecular weight is 247 g/mol. The van der Waals surface area contributed by atoms with Gasteiger partial charge in [-0.15, -0.1) is 0 Å². The van der Waals surface area contributed by atoms with Crippen LogP contribution in [-0.4, -0.2) is 29.3 Å². The van der Waals surface area contributed by atoms with Crippen molar-refractivity contribution < 1.29 is 24.5 Å². The molecule has 6 heteroatoms. The highest BCUT2D eigenvalue weighted by Crippen LogP contribution is 2.23. The van der Waals surface area contributed by atoms with Crippen LogP contribution in [-0.2, 0) is 9.53 Å². The van der Waals surface area contributed by atoms with E-state index in [1.165, 1.54) is 18.2 Å². The summed E-state index contributed by atoms with van der Waals surface area (Å²) in [4.78, 5) is 22.2. The number of benzene rings is 1. The first-order valence-corrected chi connectivity index (χ1v) is 4.76. The maximum absolute atomic E-state index is 11.2. The van der Waals surface area contributed by atoms with Crippen LogP contribution in [0.3, 0.4) is 0 Å². The van der Waals surface area contributed by atoms with Gasteiger partial charge in [0.1, 0.15) is 23.0 Å². The van der Waals surface area contributed by atoms with Crippen molar-refractivity contribution in [2.75, 3.05) is 7.11 Å². The third kappa shape index (κ3) is 2.65. The van der Waals surface area contributed by atoms with Gasteiger partial charge in [-0.25, -0.2) is 9.59 Å². The van der Waals surface area contributed by atoms with Gasteiger partial charge in [0.05, 0.1) is 7.11 Å². The lowest BCUT2D eigenvalue weighted by atomic mass is 10.0. The summed E-state index contributed by atoms with van der Waals surface area (Å²) in [6.07, 6.45) is 1.05. The second kappa shape index (κ2) is 5.50. The molecule has 0 aliphatic heterocycles. The molecule has 0 bridgehead atoms. The molecule has 18 heavy (non-hydrogen) atoms. The second-order valence-corrected chi connectivity index (χ2v) is 3.21. The Morgan fingerprint density at radius 2 is 2.11 bits per heavy atom. The minimum atomic E-state index is -1.36. The molecule has 0 aliphatic rings. The number of carboxylic acids is 1. The number of carbonyl (C=O) groups is 2. The summed E-state index contributed by atoms with van der Waals surface area (Å²) >= 11 is 0. The van der Waals surface area contributed by atoms with Gasteiger partial charge >= 0.3 is 11.9 Å². The molecule has 0 atom stereocenters. The monoisotopic (exact) mass is 247 g/mol. The van der Waals surface area contributed by atoms with Crippen LogP contribution in [0.5, 0.6) is 5.75 Å². The molecule has 0 fully saturated rings. The number of phenols is 1. The number of carbonyl (C=O) groups excluding carboxylic acids is 1. The molecule has 2 N–H and O–H groups in total. The Morgan fingerprint density at radius 1 is 1.44 bits per heavy atom. The number of carboxylic acid groups (broad SMARTS) is 1. The molecule has 0 spiro atoms. The van der Waals surface area contributed by atoms with Crippen molar-refractivity contribution >= 4 is 18.0 Å². The quantitative estimate of drug-likeness (QED) is 0.471. The fraction of sp³-hybridized carbons (Fsp3) is 0.0833. The molecule has 0 heterocycles. The van der Waals surface area contributed by atoms with Crippen LogP contribution in [0, 0.1) is 11.3 Å². The number of hydrogen-bond acceptors (Lipinski definition) is 5. The Hall–Kier alpha value is -2.81. The minimum absolute atomic E-state index is 0.0458. The van der Waals surface area contributed by atoms with E-state index in [4.69, 9.17) is 10.4 Å². The largest absolute Gasteiger partial charge is 0.507 e. The number of aromatic carboxylic acids is 1. The third-order valence-corrected chi connectivity index (χ3v) is 2.11. The first-order valence-electron chi connectivity index (χ1n) is 4.76. The molecule has 92 valence electrons. The van der Waals surface area contributed by atoms with Crippen LogP contribution >= 0.6 is 0 Å². The molecule has 6 nitrogen and oxygen atoms in total. The molecular formula is C12H9NO5. The zero-order chi connectivity index (χ0) is 13.7. The Labute approximate surface area is 102 Å². The molecule has 0 aromatic heterocycles. The van der Waals surface area contributed by atoms with Gasteiger partial charge in [0.2, 0.25) is 0 Å². The molecule has 0 aliphatic carbocycles. The number of hydrogen-bond donors (Lipinski definition) is 2. The van der Waals surface area contributed by atoms with Gasteiger partial charge in [0.15, 0.2) is 0 Å². The molecule has 0 radical (unpaired) electrons. The first kappa shape index (κ1) is 13.3. The van der Waals surface area contributed by atoms with Crippen molar-refractivity contribution in [2.24, 2.45) is 0 Å². The predicted molar refractivity (Wildman–Crippen MR) is 60.7 cm³/mol. The molecule has 0 saturated carbocycles. The lowest BCUT2D eigenvalue weighted by Gasteiger charge is -2.04. The van der Waals surface area contributed by atoms with E-state index >= 15 is 0 Å². The van der Waals surface area contributed by atoms with E-state index in [0.29, 0.717) is 0 Å². The smallest absolute Gasteiger partial charge is 0.348 e. The van der Waals surface area contributed by atoms with Gasteiger partial charge in [-0.3, -0.25) is 0 Å². The number of nitrogens with zero attached hydrogens (tertiary/aromatic N) is 1. The summed E-state index contributed by atoms with van der Waals surface area (Å²) in [7, 11) is 1.11. The van der Waals surface area contributed by atoms with Crippen LogP contribution in [0.2, 0.25) is 0 Å². The van der Waals surface area contributed by atoms with E-state index in [1.807, 2.05) is 0 Å². The van der Waals surface area contributed by atoms with E-state index in [1.54, 1.807) is 6.07 Å². The van der Waals surface area contributed by atoms with E-state index in [0.717, 1.165) is 13.2 Å². The number of ether oxygens (including phenoxy) is 1. The van der Waals surface area contributed by atoms with Gasteiger partial charge in [-0.05, 0) is 17.7 Å². The van der Waals surface area contributed by atoms with Crippen molar-refractivity contribution in [1.82, 2.24) is 0 Å². The first-order chi connectivity index (χ1) is 8.51. The van der Waals surface area contributed by atoms with Gasteiger partial charge in [0.25, 0.3) is 0 Å². The highest BCUT2D eigenvalue weighted by atomic mass is 16.5. The van der Waals surface area contributed by atoms with Crippen LogP contribution < -0.4 is 0 Å². The Morgan fingerprint density at radius 3 is 2.61 bits per heavy atom. The van der Waals surface area contributed by atoms with Crippen molar-refractivity contribution in [1.29, 1.82) is 5.26 Å². The zero-order valence-electron chi connectivity index (χ0n) is 9.38. The number of esters is 1. The van der Waals surface area contributed by atoms with Gasteiger partial charge in [-0.1, -0.05) is 12.1 Å². The molecule has 0 amide bonds. The Bertz CT molecular complexity index is 568. The van der Waals surface area contributed by atoms with E-state index in [9.17, 15) is 14.7 Å². The standard InChI is InChI=1S/C12H9NO5/c1-18-12(17)8(6-13)5-7-3-2-4-9(14)10(7)11(15)16/h2-5,14H,1H3,(H,15,16). The van der Waals surface area contributed by atoms with Crippen LogP contribution in [0.4, 0.5) is 0 Å². The molecule has 0 saturated heterocycles. The average Bonchev–Trinajstić information content (AvgIpc) is 2.34. The minimum Gasteiger partial charge on any atom is -0.507 e. The fourth-order valence-electron chi connectivity index (χ4n) is 1.31. The number of aromatic hydroxyl groups is 1. The van der Waals surface area contributed by atoms with Crippen LogP contribution in [0.1, 0.15) is 15.9 Å². The highest BCUT2D eigenvalue weighted by molar-refractivity contribution is 6.01. The predicted octanol–water partition coefficient (Wildman–Crippen LogP) is 1.17. The summed E-state index contributed by atoms with van der Waals surface area (Å²) in [5.41, 5.74) is -0.691. The molecule has 1 aromatic carbocycles. The van der Waals surface area contributed by atoms with E-state index < -0.39 is 17.7 Å². The number of rotatable bonds is 3. The summed E-state index contributed by atoms with van der Waals surface area (Å²) in [5, 5.41) is 27.1. The summed E-state index contributed by atoms with van der Waals surface area (Å²) in [5.74, 6) is -2.68. The Kier molecular flexibility index (Phi) is 4.05. The summed E-state index contributed by atoms with van der Waals surface area (Å²) in [6.45, 7) is 0. The highest BCUT2D eigenvalue weighted by Gasteiger charge is 2.16. The second-order valence-electron chi connectivity index (χ2n) is 3.21.